The van der Waals surface area contributed by atoms with Gasteiger partial charge in [0.25, 0.3) is 0 Å². The zero-order valence-corrected chi connectivity index (χ0v) is 14.4. The van der Waals surface area contributed by atoms with Gasteiger partial charge in [0.2, 0.25) is 11.8 Å². The molecule has 0 radical (unpaired) electrons. The molecule has 24 heavy (non-hydrogen) atoms. The van der Waals surface area contributed by atoms with Gasteiger partial charge in [-0.1, -0.05) is 30.3 Å². The van der Waals surface area contributed by atoms with E-state index in [-0.39, 0.29) is 18.6 Å². The van der Waals surface area contributed by atoms with Gasteiger partial charge < -0.3 is 16.8 Å². The number of hydrogen-bond acceptors (Lipinski definition) is 5. The molecule has 0 saturated carbocycles. The van der Waals surface area contributed by atoms with E-state index in [4.69, 9.17) is 11.5 Å². The standard InChI is InChI=1S/C17H29N5O2/c1-12(2)21-22-16(20-17(24)14(18)11-15(19)23)10-6-9-13-7-4-3-5-8-13/h3-5,7-8,12,14,16,21-22H,6,9-11,18H2,1-2H3,(H2,19,23)(H,20,24)/t14-,16?/m0/s1. The molecule has 0 aliphatic heterocycles. The maximum absolute atomic E-state index is 12.1. The number of amides is 2. The van der Waals surface area contributed by atoms with Gasteiger partial charge in [-0.2, -0.15) is 0 Å². The van der Waals surface area contributed by atoms with E-state index in [1.165, 1.54) is 5.56 Å². The number of rotatable bonds is 11. The van der Waals surface area contributed by atoms with Crippen LogP contribution < -0.4 is 27.6 Å². The summed E-state index contributed by atoms with van der Waals surface area (Å²) in [5.74, 6) is -0.983. The second-order valence-corrected chi connectivity index (χ2v) is 6.16. The summed E-state index contributed by atoms with van der Waals surface area (Å²) in [4.78, 5) is 22.9. The predicted octanol–water partition coefficient (Wildman–Crippen LogP) is 0.157. The summed E-state index contributed by atoms with van der Waals surface area (Å²) in [5.41, 5.74) is 18.2. The second kappa shape index (κ2) is 10.7. The van der Waals surface area contributed by atoms with Gasteiger partial charge in [0.1, 0.15) is 0 Å². The molecule has 7 nitrogen and oxygen atoms in total. The number of nitrogens with one attached hydrogen (secondary N) is 3. The van der Waals surface area contributed by atoms with E-state index in [0.29, 0.717) is 0 Å². The first-order valence-corrected chi connectivity index (χ1v) is 8.27. The van der Waals surface area contributed by atoms with Crippen LogP contribution in [0.25, 0.3) is 0 Å². The molecule has 7 N–H and O–H groups in total. The largest absolute Gasteiger partial charge is 0.370 e. The molecule has 134 valence electrons. The van der Waals surface area contributed by atoms with E-state index in [1.54, 1.807) is 0 Å². The van der Waals surface area contributed by atoms with Crippen LogP contribution in [-0.4, -0.2) is 30.1 Å². The first kappa shape index (κ1) is 20.1. The third-order valence-corrected chi connectivity index (χ3v) is 3.42. The Morgan fingerprint density at radius 2 is 1.79 bits per heavy atom. The molecule has 0 heterocycles. The monoisotopic (exact) mass is 335 g/mol. The van der Waals surface area contributed by atoms with Gasteiger partial charge in [0, 0.05) is 6.04 Å². The summed E-state index contributed by atoms with van der Waals surface area (Å²) >= 11 is 0. The lowest BCUT2D eigenvalue weighted by Gasteiger charge is -2.23. The molecule has 0 aliphatic rings. The second-order valence-electron chi connectivity index (χ2n) is 6.16. The van der Waals surface area contributed by atoms with Crippen LogP contribution in [0.5, 0.6) is 0 Å². The topological polar surface area (TPSA) is 122 Å². The van der Waals surface area contributed by atoms with Crippen molar-refractivity contribution < 1.29 is 9.59 Å². The van der Waals surface area contributed by atoms with Crippen LogP contribution in [-0.2, 0) is 16.0 Å². The van der Waals surface area contributed by atoms with Gasteiger partial charge >= 0.3 is 0 Å². The van der Waals surface area contributed by atoms with Gasteiger partial charge in [-0.25, -0.2) is 5.43 Å². The molecule has 0 aromatic heterocycles. The highest BCUT2D eigenvalue weighted by atomic mass is 16.2. The lowest BCUT2D eigenvalue weighted by atomic mass is 10.1. The molecule has 0 spiro atoms. The van der Waals surface area contributed by atoms with Crippen molar-refractivity contribution in [1.29, 1.82) is 0 Å². The van der Waals surface area contributed by atoms with Gasteiger partial charge in [0.15, 0.2) is 0 Å². The Morgan fingerprint density at radius 3 is 2.38 bits per heavy atom. The Kier molecular flexibility index (Phi) is 8.99. The first-order chi connectivity index (χ1) is 11.4. The summed E-state index contributed by atoms with van der Waals surface area (Å²) < 4.78 is 0. The average Bonchev–Trinajstić information content (AvgIpc) is 2.52. The summed E-state index contributed by atoms with van der Waals surface area (Å²) in [6.45, 7) is 3.99. The summed E-state index contributed by atoms with van der Waals surface area (Å²) in [7, 11) is 0. The maximum Gasteiger partial charge on any atom is 0.238 e. The number of carbonyl (C=O) groups excluding carboxylic acids is 2. The lowest BCUT2D eigenvalue weighted by Crippen LogP contribution is -2.56. The summed E-state index contributed by atoms with van der Waals surface area (Å²) in [5, 5.41) is 2.82. The normalized spacial score (nSPS) is 13.5. The van der Waals surface area contributed by atoms with Crippen LogP contribution in [0.2, 0.25) is 0 Å². The lowest BCUT2D eigenvalue weighted by molar-refractivity contribution is -0.127. The van der Waals surface area contributed by atoms with E-state index < -0.39 is 17.9 Å². The van der Waals surface area contributed by atoms with Crippen LogP contribution >= 0.6 is 0 Å². The van der Waals surface area contributed by atoms with Crippen LogP contribution in [0, 0.1) is 0 Å². The molecule has 2 atom stereocenters. The SMILES string of the molecule is CC(C)NNC(CCCc1ccccc1)NC(=O)[C@@H](N)CC(N)=O. The summed E-state index contributed by atoms with van der Waals surface area (Å²) in [6.07, 6.45) is 2.10. The Morgan fingerprint density at radius 1 is 1.12 bits per heavy atom. The molecule has 0 saturated heterocycles. The molecular weight excluding hydrogens is 306 g/mol. The molecule has 0 bridgehead atoms. The van der Waals surface area contributed by atoms with E-state index in [9.17, 15) is 9.59 Å². The number of hydrazine groups is 1. The van der Waals surface area contributed by atoms with E-state index in [1.807, 2.05) is 32.0 Å². The highest BCUT2D eigenvalue weighted by Gasteiger charge is 2.19. The van der Waals surface area contributed by atoms with Crippen molar-refractivity contribution in [3.05, 3.63) is 35.9 Å². The molecule has 1 aromatic rings. The minimum atomic E-state index is -0.931. The van der Waals surface area contributed by atoms with Crippen LogP contribution in [0.15, 0.2) is 30.3 Å². The van der Waals surface area contributed by atoms with E-state index in [0.717, 1.165) is 19.3 Å². The van der Waals surface area contributed by atoms with Crippen molar-refractivity contribution in [1.82, 2.24) is 16.2 Å². The highest BCUT2D eigenvalue weighted by molar-refractivity contribution is 5.87. The van der Waals surface area contributed by atoms with E-state index >= 15 is 0 Å². The highest BCUT2D eigenvalue weighted by Crippen LogP contribution is 2.06. The molecular formula is C17H29N5O2. The number of primary amides is 1. The third kappa shape index (κ3) is 8.61. The molecule has 0 fully saturated rings. The Hall–Kier alpha value is -1.96. The zero-order chi connectivity index (χ0) is 17.9. The van der Waals surface area contributed by atoms with Crippen molar-refractivity contribution in [3.63, 3.8) is 0 Å². The zero-order valence-electron chi connectivity index (χ0n) is 14.4. The fourth-order valence-corrected chi connectivity index (χ4v) is 2.19. The van der Waals surface area contributed by atoms with Crippen LogP contribution in [0.4, 0.5) is 0 Å². The third-order valence-electron chi connectivity index (χ3n) is 3.42. The number of nitrogens with two attached hydrogens (primary N) is 2. The molecule has 0 aliphatic carbocycles. The number of carbonyl (C=O) groups is 2. The van der Waals surface area contributed by atoms with E-state index in [2.05, 4.69) is 28.3 Å². The number of aryl methyl sites for hydroxylation is 1. The van der Waals surface area contributed by atoms with Crippen molar-refractivity contribution in [2.24, 2.45) is 11.5 Å². The quantitative estimate of drug-likeness (QED) is 0.291. The van der Waals surface area contributed by atoms with Crippen molar-refractivity contribution in [3.8, 4) is 0 Å². The fourth-order valence-electron chi connectivity index (χ4n) is 2.19. The Labute approximate surface area is 143 Å². The Bertz CT molecular complexity index is 507. The fraction of sp³-hybridized carbons (Fsp3) is 0.529. The van der Waals surface area contributed by atoms with Crippen LogP contribution in [0.1, 0.15) is 38.7 Å². The van der Waals surface area contributed by atoms with Crippen molar-refractivity contribution in [2.45, 2.75) is 57.8 Å². The predicted molar refractivity (Wildman–Crippen MR) is 94.5 cm³/mol. The van der Waals surface area contributed by atoms with Gasteiger partial charge in [-0.3, -0.25) is 15.0 Å². The minimum Gasteiger partial charge on any atom is -0.370 e. The number of hydrogen-bond donors (Lipinski definition) is 5. The first-order valence-electron chi connectivity index (χ1n) is 8.27. The summed E-state index contributed by atoms with van der Waals surface area (Å²) in [6, 6.07) is 9.46. The average molecular weight is 335 g/mol. The minimum absolute atomic E-state index is 0.166. The molecule has 7 heteroatoms. The molecule has 1 aromatic carbocycles. The molecule has 1 rings (SSSR count). The van der Waals surface area contributed by atoms with Gasteiger partial charge in [-0.05, 0) is 38.7 Å². The van der Waals surface area contributed by atoms with Crippen LogP contribution in [0.3, 0.4) is 0 Å². The van der Waals surface area contributed by atoms with Crippen molar-refractivity contribution >= 4 is 11.8 Å². The van der Waals surface area contributed by atoms with Gasteiger partial charge in [-0.15, -0.1) is 0 Å². The molecule has 1 unspecified atom stereocenters. The smallest absolute Gasteiger partial charge is 0.238 e. The van der Waals surface area contributed by atoms with Crippen molar-refractivity contribution in [2.75, 3.05) is 0 Å². The maximum atomic E-state index is 12.1. The number of benzene rings is 1. The van der Waals surface area contributed by atoms with Gasteiger partial charge in [0.05, 0.1) is 18.6 Å². The molecule has 2 amide bonds. The Balaban J connectivity index is 2.49.